The van der Waals surface area contributed by atoms with Crippen LogP contribution in [0.3, 0.4) is 0 Å². The number of anilines is 1. The number of primary amides is 1. The molecular weight excluding hydrogens is 366 g/mol. The summed E-state index contributed by atoms with van der Waals surface area (Å²) in [6, 6.07) is 13.6. The maximum Gasteiger partial charge on any atom is 0.262 e. The van der Waals surface area contributed by atoms with Crippen LogP contribution in [-0.2, 0) is 16.1 Å². The van der Waals surface area contributed by atoms with E-state index in [1.165, 1.54) is 0 Å². The van der Waals surface area contributed by atoms with Crippen molar-refractivity contribution in [3.05, 3.63) is 59.2 Å². The summed E-state index contributed by atoms with van der Waals surface area (Å²) in [5.74, 6) is 0.174. The van der Waals surface area contributed by atoms with Gasteiger partial charge in [0.25, 0.3) is 5.91 Å². The number of para-hydroxylation sites is 1. The molecule has 6 nitrogen and oxygen atoms in total. The highest BCUT2D eigenvalue weighted by atomic mass is 16.5. The van der Waals surface area contributed by atoms with Gasteiger partial charge in [0, 0.05) is 18.8 Å². The van der Waals surface area contributed by atoms with E-state index in [-0.39, 0.29) is 24.3 Å². The summed E-state index contributed by atoms with van der Waals surface area (Å²) >= 11 is 0. The zero-order valence-electron chi connectivity index (χ0n) is 17.1. The van der Waals surface area contributed by atoms with Gasteiger partial charge in [-0.15, -0.1) is 0 Å². The van der Waals surface area contributed by atoms with E-state index in [2.05, 4.69) is 10.2 Å². The van der Waals surface area contributed by atoms with Crippen LogP contribution in [0.4, 0.5) is 5.69 Å². The first-order valence-electron chi connectivity index (χ1n) is 10.0. The number of hydrogen-bond donors (Lipinski definition) is 2. The Kier molecular flexibility index (Phi) is 6.88. The molecule has 6 heteroatoms. The third-order valence-corrected chi connectivity index (χ3v) is 5.28. The van der Waals surface area contributed by atoms with E-state index in [4.69, 9.17) is 10.5 Å². The molecule has 1 atom stereocenters. The second-order valence-electron chi connectivity index (χ2n) is 7.74. The predicted molar refractivity (Wildman–Crippen MR) is 114 cm³/mol. The van der Waals surface area contributed by atoms with Crippen LogP contribution in [0.2, 0.25) is 0 Å². The molecule has 1 unspecified atom stereocenters. The average molecular weight is 396 g/mol. The molecule has 1 fully saturated rings. The maximum absolute atomic E-state index is 12.4. The third kappa shape index (κ3) is 5.81. The number of carbonyl (C=O) groups excluding carboxylic acids is 2. The van der Waals surface area contributed by atoms with Crippen molar-refractivity contribution in [3.8, 4) is 5.75 Å². The molecule has 29 heavy (non-hydrogen) atoms. The van der Waals surface area contributed by atoms with E-state index in [9.17, 15) is 9.59 Å². The van der Waals surface area contributed by atoms with Crippen molar-refractivity contribution in [3.63, 3.8) is 0 Å². The van der Waals surface area contributed by atoms with Crippen molar-refractivity contribution in [2.75, 3.05) is 25.0 Å². The molecule has 0 aliphatic carbocycles. The number of piperidine rings is 1. The molecule has 0 aromatic heterocycles. The Balaban J connectivity index is 1.59. The van der Waals surface area contributed by atoms with Crippen LogP contribution in [0.5, 0.6) is 5.75 Å². The third-order valence-electron chi connectivity index (χ3n) is 5.28. The number of nitrogens with one attached hydrogen (secondary N) is 1. The van der Waals surface area contributed by atoms with E-state index < -0.39 is 0 Å². The van der Waals surface area contributed by atoms with Crippen molar-refractivity contribution in [2.24, 2.45) is 11.7 Å². The van der Waals surface area contributed by atoms with Gasteiger partial charge in [-0.1, -0.05) is 35.9 Å². The summed E-state index contributed by atoms with van der Waals surface area (Å²) in [5.41, 5.74) is 9.42. The lowest BCUT2D eigenvalue weighted by Gasteiger charge is -2.31. The molecule has 0 saturated carbocycles. The fourth-order valence-corrected chi connectivity index (χ4v) is 3.74. The second kappa shape index (κ2) is 9.56. The Morgan fingerprint density at radius 3 is 2.76 bits per heavy atom. The van der Waals surface area contributed by atoms with Crippen LogP contribution in [0.25, 0.3) is 0 Å². The first-order valence-corrected chi connectivity index (χ1v) is 10.0. The van der Waals surface area contributed by atoms with Gasteiger partial charge in [0.05, 0.1) is 5.92 Å². The van der Waals surface area contributed by atoms with Gasteiger partial charge in [-0.05, 0) is 56.5 Å². The Bertz CT molecular complexity index is 881. The number of amides is 2. The molecule has 2 aromatic rings. The number of benzene rings is 2. The summed E-state index contributed by atoms with van der Waals surface area (Å²) in [6.45, 7) is 6.18. The largest absolute Gasteiger partial charge is 0.483 e. The van der Waals surface area contributed by atoms with E-state index in [0.717, 1.165) is 41.8 Å². The molecule has 0 bridgehead atoms. The van der Waals surface area contributed by atoms with Crippen molar-refractivity contribution in [1.82, 2.24) is 4.90 Å². The van der Waals surface area contributed by atoms with Crippen LogP contribution >= 0.6 is 0 Å². The van der Waals surface area contributed by atoms with E-state index >= 15 is 0 Å². The maximum atomic E-state index is 12.4. The Hall–Kier alpha value is -2.86. The summed E-state index contributed by atoms with van der Waals surface area (Å²) in [7, 11) is 0. The van der Waals surface area contributed by atoms with Crippen molar-refractivity contribution in [2.45, 2.75) is 33.2 Å². The number of likely N-dealkylation sites (tertiary alicyclic amines) is 1. The fourth-order valence-electron chi connectivity index (χ4n) is 3.74. The molecule has 154 valence electrons. The van der Waals surface area contributed by atoms with Gasteiger partial charge >= 0.3 is 0 Å². The van der Waals surface area contributed by atoms with Gasteiger partial charge < -0.3 is 15.8 Å². The summed E-state index contributed by atoms with van der Waals surface area (Å²) in [6.07, 6.45) is 1.80. The Labute approximate surface area is 172 Å². The van der Waals surface area contributed by atoms with Crippen LogP contribution in [0.1, 0.15) is 29.5 Å². The number of aryl methyl sites for hydroxylation is 2. The molecule has 0 radical (unpaired) electrons. The van der Waals surface area contributed by atoms with Crippen LogP contribution in [0, 0.1) is 19.8 Å². The molecular formula is C23H29N3O3. The van der Waals surface area contributed by atoms with Gasteiger partial charge in [-0.25, -0.2) is 0 Å². The first-order chi connectivity index (χ1) is 13.9. The lowest BCUT2D eigenvalue weighted by Crippen LogP contribution is -2.40. The highest BCUT2D eigenvalue weighted by Gasteiger charge is 2.24. The summed E-state index contributed by atoms with van der Waals surface area (Å²) in [4.78, 5) is 26.2. The molecule has 3 rings (SSSR count). The predicted octanol–water partition coefficient (Wildman–Crippen LogP) is 3.02. The SMILES string of the molecule is Cc1ccc(OCC(=O)Nc2ccccc2CN2CCCC(C(N)=O)C2)c(C)c1. The number of ether oxygens (including phenoxy) is 1. The first kappa shape index (κ1) is 20.9. The summed E-state index contributed by atoms with van der Waals surface area (Å²) in [5, 5.41) is 2.95. The van der Waals surface area contributed by atoms with Crippen molar-refractivity contribution < 1.29 is 14.3 Å². The highest BCUT2D eigenvalue weighted by molar-refractivity contribution is 5.92. The van der Waals surface area contributed by atoms with Crippen LogP contribution < -0.4 is 15.8 Å². The summed E-state index contributed by atoms with van der Waals surface area (Å²) < 4.78 is 5.68. The molecule has 2 aromatic carbocycles. The number of nitrogens with two attached hydrogens (primary N) is 1. The monoisotopic (exact) mass is 395 g/mol. The zero-order valence-corrected chi connectivity index (χ0v) is 17.1. The zero-order chi connectivity index (χ0) is 20.8. The second-order valence-corrected chi connectivity index (χ2v) is 7.74. The molecule has 1 heterocycles. The molecule has 0 spiro atoms. The number of nitrogens with zero attached hydrogens (tertiary/aromatic N) is 1. The van der Waals surface area contributed by atoms with Crippen LogP contribution in [-0.4, -0.2) is 36.4 Å². The van der Waals surface area contributed by atoms with Gasteiger partial charge in [0.15, 0.2) is 6.61 Å². The molecule has 1 saturated heterocycles. The fraction of sp³-hybridized carbons (Fsp3) is 0.391. The highest BCUT2D eigenvalue weighted by Crippen LogP contribution is 2.23. The normalized spacial score (nSPS) is 17.0. The molecule has 3 N–H and O–H groups in total. The van der Waals surface area contributed by atoms with Crippen molar-refractivity contribution >= 4 is 17.5 Å². The van der Waals surface area contributed by atoms with Gasteiger partial charge in [-0.2, -0.15) is 0 Å². The minimum absolute atomic E-state index is 0.0499. The lowest BCUT2D eigenvalue weighted by atomic mass is 9.97. The molecule has 1 aliphatic rings. The van der Waals surface area contributed by atoms with E-state index in [1.54, 1.807) is 0 Å². The van der Waals surface area contributed by atoms with Crippen LogP contribution in [0.15, 0.2) is 42.5 Å². The van der Waals surface area contributed by atoms with Gasteiger partial charge in [0.2, 0.25) is 5.91 Å². The van der Waals surface area contributed by atoms with Gasteiger partial charge in [-0.3, -0.25) is 14.5 Å². The standard InChI is InChI=1S/C23H29N3O3/c1-16-9-10-21(17(2)12-16)29-15-22(27)25-20-8-4-3-6-18(20)13-26-11-5-7-19(14-26)23(24)28/h3-4,6,8-10,12,19H,5,7,11,13-15H2,1-2H3,(H2,24,28)(H,25,27). The minimum atomic E-state index is -0.236. The molecule has 2 amide bonds. The Morgan fingerprint density at radius 1 is 1.21 bits per heavy atom. The topological polar surface area (TPSA) is 84.7 Å². The van der Waals surface area contributed by atoms with E-state index in [0.29, 0.717) is 18.8 Å². The van der Waals surface area contributed by atoms with Gasteiger partial charge in [0.1, 0.15) is 5.75 Å². The molecule has 1 aliphatic heterocycles. The quantitative estimate of drug-likeness (QED) is 0.755. The lowest BCUT2D eigenvalue weighted by molar-refractivity contribution is -0.123. The number of rotatable bonds is 7. The number of hydrogen-bond acceptors (Lipinski definition) is 4. The Morgan fingerprint density at radius 2 is 2.00 bits per heavy atom. The average Bonchev–Trinajstić information content (AvgIpc) is 2.69. The smallest absolute Gasteiger partial charge is 0.262 e. The number of carbonyl (C=O) groups is 2. The van der Waals surface area contributed by atoms with Crippen molar-refractivity contribution in [1.29, 1.82) is 0 Å². The van der Waals surface area contributed by atoms with E-state index in [1.807, 2.05) is 56.3 Å². The minimum Gasteiger partial charge on any atom is -0.483 e.